The van der Waals surface area contributed by atoms with E-state index in [1.165, 1.54) is 7.11 Å². The zero-order chi connectivity index (χ0) is 16.3. The fraction of sp³-hybridized carbons (Fsp3) is 0.312. The van der Waals surface area contributed by atoms with Crippen molar-refractivity contribution in [1.82, 2.24) is 9.78 Å². The maximum Gasteiger partial charge on any atom is 0.309 e. The lowest BCUT2D eigenvalue weighted by atomic mass is 10.1. The fourth-order valence-electron chi connectivity index (χ4n) is 2.29. The molecule has 0 fully saturated rings. The lowest BCUT2D eigenvalue weighted by molar-refractivity contribution is -0.139. The molecule has 0 atom stereocenters. The second-order valence-electron chi connectivity index (χ2n) is 5.08. The minimum atomic E-state index is -0.317. The molecule has 116 valence electrons. The fourth-order valence-corrected chi connectivity index (χ4v) is 2.29. The molecule has 0 aliphatic heterocycles. The highest BCUT2D eigenvalue weighted by Gasteiger charge is 2.17. The first-order valence-corrected chi connectivity index (χ1v) is 6.89. The van der Waals surface area contributed by atoms with Crippen molar-refractivity contribution in [3.05, 3.63) is 46.8 Å². The third-order valence-electron chi connectivity index (χ3n) is 3.50. The Morgan fingerprint density at radius 1 is 1.32 bits per heavy atom. The van der Waals surface area contributed by atoms with E-state index in [1.807, 2.05) is 13.0 Å². The molecule has 0 unspecified atom stereocenters. The highest BCUT2D eigenvalue weighted by molar-refractivity contribution is 6.05. The molecule has 1 heterocycles. The zero-order valence-electron chi connectivity index (χ0n) is 13.1. The van der Waals surface area contributed by atoms with Crippen LogP contribution in [-0.2, 0) is 23.0 Å². The molecule has 0 saturated carbocycles. The minimum Gasteiger partial charge on any atom is -0.469 e. The predicted molar refractivity (Wildman–Crippen MR) is 82.8 cm³/mol. The van der Waals surface area contributed by atoms with E-state index < -0.39 is 0 Å². The Morgan fingerprint density at radius 3 is 2.64 bits per heavy atom. The zero-order valence-corrected chi connectivity index (χ0v) is 13.1. The molecule has 0 saturated heterocycles. The second kappa shape index (κ2) is 6.43. The van der Waals surface area contributed by atoms with Gasteiger partial charge in [-0.05, 0) is 31.5 Å². The number of hydrogen-bond donors (Lipinski definition) is 1. The van der Waals surface area contributed by atoms with E-state index in [0.717, 1.165) is 11.3 Å². The number of carbonyl (C=O) groups is 2. The van der Waals surface area contributed by atoms with Crippen molar-refractivity contribution in [1.29, 1.82) is 0 Å². The predicted octanol–water partition coefficient (Wildman–Crippen LogP) is 2.00. The van der Waals surface area contributed by atoms with Gasteiger partial charge in [0.1, 0.15) is 0 Å². The third-order valence-corrected chi connectivity index (χ3v) is 3.50. The molecule has 2 aromatic rings. The Kier molecular flexibility index (Phi) is 4.60. The maximum absolute atomic E-state index is 12.4. The first kappa shape index (κ1) is 15.8. The summed E-state index contributed by atoms with van der Waals surface area (Å²) in [6.45, 7) is 3.65. The Labute approximate surface area is 129 Å². The topological polar surface area (TPSA) is 73.2 Å². The molecule has 6 nitrogen and oxygen atoms in total. The number of ether oxygens (including phenoxy) is 1. The number of anilines is 1. The van der Waals surface area contributed by atoms with E-state index in [2.05, 4.69) is 15.2 Å². The average Bonchev–Trinajstić information content (AvgIpc) is 2.72. The van der Waals surface area contributed by atoms with Crippen molar-refractivity contribution in [3.63, 3.8) is 0 Å². The van der Waals surface area contributed by atoms with E-state index in [0.29, 0.717) is 16.9 Å². The van der Waals surface area contributed by atoms with Crippen molar-refractivity contribution in [2.45, 2.75) is 20.3 Å². The Bertz CT molecular complexity index is 719. The quantitative estimate of drug-likeness (QED) is 0.877. The van der Waals surface area contributed by atoms with Crippen molar-refractivity contribution in [2.24, 2.45) is 7.05 Å². The van der Waals surface area contributed by atoms with Crippen LogP contribution in [0, 0.1) is 13.8 Å². The summed E-state index contributed by atoms with van der Waals surface area (Å²) in [6.07, 6.45) is 0.172. The van der Waals surface area contributed by atoms with E-state index in [4.69, 9.17) is 0 Å². The van der Waals surface area contributed by atoms with Gasteiger partial charge in [0.15, 0.2) is 0 Å². The molecule has 1 amide bonds. The summed E-state index contributed by atoms with van der Waals surface area (Å²) < 4.78 is 6.32. The molecule has 1 aromatic carbocycles. The van der Waals surface area contributed by atoms with Gasteiger partial charge in [-0.15, -0.1) is 0 Å². The smallest absolute Gasteiger partial charge is 0.309 e. The van der Waals surface area contributed by atoms with E-state index in [9.17, 15) is 9.59 Å². The molecule has 0 aliphatic rings. The van der Waals surface area contributed by atoms with Crippen LogP contribution in [-0.4, -0.2) is 28.8 Å². The largest absolute Gasteiger partial charge is 0.469 e. The normalized spacial score (nSPS) is 10.4. The number of nitrogens with zero attached hydrogens (tertiary/aromatic N) is 2. The van der Waals surface area contributed by atoms with Crippen LogP contribution in [0.5, 0.6) is 0 Å². The van der Waals surface area contributed by atoms with Gasteiger partial charge in [0.25, 0.3) is 5.91 Å². The minimum absolute atomic E-state index is 0.172. The molecule has 0 radical (unpaired) electrons. The number of rotatable bonds is 4. The summed E-state index contributed by atoms with van der Waals surface area (Å²) in [6, 6.07) is 7.14. The van der Waals surface area contributed by atoms with Crippen LogP contribution >= 0.6 is 0 Å². The Morgan fingerprint density at radius 2 is 2.05 bits per heavy atom. The van der Waals surface area contributed by atoms with Gasteiger partial charge in [-0.25, -0.2) is 0 Å². The van der Waals surface area contributed by atoms with Crippen LogP contribution < -0.4 is 5.32 Å². The van der Waals surface area contributed by atoms with Gasteiger partial charge in [0.2, 0.25) is 0 Å². The van der Waals surface area contributed by atoms with Crippen LogP contribution in [0.3, 0.4) is 0 Å². The molecule has 6 heteroatoms. The van der Waals surface area contributed by atoms with Crippen molar-refractivity contribution in [2.75, 3.05) is 12.4 Å². The number of aryl methyl sites for hydroxylation is 2. The van der Waals surface area contributed by atoms with Gasteiger partial charge < -0.3 is 10.1 Å². The van der Waals surface area contributed by atoms with Crippen LogP contribution in [0.25, 0.3) is 0 Å². The maximum atomic E-state index is 12.4. The van der Waals surface area contributed by atoms with Gasteiger partial charge >= 0.3 is 5.97 Å². The summed E-state index contributed by atoms with van der Waals surface area (Å²) in [7, 11) is 3.15. The van der Waals surface area contributed by atoms with Crippen LogP contribution in [0.15, 0.2) is 24.3 Å². The molecule has 1 N–H and O–H groups in total. The number of nitrogens with one attached hydrogen (secondary N) is 1. The number of methoxy groups -OCH3 is 1. The van der Waals surface area contributed by atoms with E-state index >= 15 is 0 Å². The molecule has 2 rings (SSSR count). The first-order chi connectivity index (χ1) is 10.4. The average molecular weight is 301 g/mol. The standard InChI is InChI=1S/C16H19N3O3/c1-10-15(11(2)19(3)18-10)16(21)17-13-7-5-6-12(8-13)9-14(20)22-4/h5-8H,9H2,1-4H3,(H,17,21). The highest BCUT2D eigenvalue weighted by Crippen LogP contribution is 2.16. The molecule has 22 heavy (non-hydrogen) atoms. The van der Waals surface area contributed by atoms with Crippen molar-refractivity contribution in [3.8, 4) is 0 Å². The lowest BCUT2D eigenvalue weighted by Crippen LogP contribution is -2.14. The van der Waals surface area contributed by atoms with Crippen molar-refractivity contribution < 1.29 is 14.3 Å². The monoisotopic (exact) mass is 301 g/mol. The Hall–Kier alpha value is -2.63. The lowest BCUT2D eigenvalue weighted by Gasteiger charge is -2.07. The molecular weight excluding hydrogens is 282 g/mol. The number of hydrogen-bond acceptors (Lipinski definition) is 4. The summed E-state index contributed by atoms with van der Waals surface area (Å²) in [5, 5.41) is 7.08. The number of aromatic nitrogens is 2. The van der Waals surface area contributed by atoms with Crippen LogP contribution in [0.1, 0.15) is 27.3 Å². The second-order valence-corrected chi connectivity index (χ2v) is 5.08. The van der Waals surface area contributed by atoms with Gasteiger partial charge in [-0.3, -0.25) is 14.3 Å². The number of benzene rings is 1. The SMILES string of the molecule is COC(=O)Cc1cccc(NC(=O)c2c(C)nn(C)c2C)c1. The first-order valence-electron chi connectivity index (χ1n) is 6.89. The number of carbonyl (C=O) groups excluding carboxylic acids is 2. The highest BCUT2D eigenvalue weighted by atomic mass is 16.5. The van der Waals surface area contributed by atoms with Gasteiger partial charge in [-0.2, -0.15) is 5.10 Å². The van der Waals surface area contributed by atoms with Crippen LogP contribution in [0.2, 0.25) is 0 Å². The summed E-state index contributed by atoms with van der Waals surface area (Å²) >= 11 is 0. The van der Waals surface area contributed by atoms with E-state index in [1.54, 1.807) is 36.9 Å². The molecule has 1 aromatic heterocycles. The van der Waals surface area contributed by atoms with E-state index in [-0.39, 0.29) is 18.3 Å². The molecule has 0 spiro atoms. The molecular formula is C16H19N3O3. The summed E-state index contributed by atoms with van der Waals surface area (Å²) in [4.78, 5) is 23.7. The summed E-state index contributed by atoms with van der Waals surface area (Å²) in [5.74, 6) is -0.527. The van der Waals surface area contributed by atoms with Gasteiger partial charge in [0, 0.05) is 18.4 Å². The van der Waals surface area contributed by atoms with Gasteiger partial charge in [0.05, 0.1) is 24.8 Å². The molecule has 0 bridgehead atoms. The third kappa shape index (κ3) is 3.33. The van der Waals surface area contributed by atoms with Crippen molar-refractivity contribution >= 4 is 17.6 Å². The molecule has 0 aliphatic carbocycles. The number of esters is 1. The van der Waals surface area contributed by atoms with Crippen LogP contribution in [0.4, 0.5) is 5.69 Å². The van der Waals surface area contributed by atoms with Gasteiger partial charge in [-0.1, -0.05) is 12.1 Å². The summed E-state index contributed by atoms with van der Waals surface area (Å²) in [5.41, 5.74) is 3.48. The Balaban J connectivity index is 2.18. The number of amides is 1.